The van der Waals surface area contributed by atoms with Gasteiger partial charge in [-0.15, -0.1) is 0 Å². The number of furan rings is 1. The van der Waals surface area contributed by atoms with Gasteiger partial charge in [-0.25, -0.2) is 4.98 Å². The lowest BCUT2D eigenvalue weighted by atomic mass is 10.1. The molecule has 2 aromatic carbocycles. The number of nitrogens with zero attached hydrogens (tertiary/aromatic N) is 4. The van der Waals surface area contributed by atoms with E-state index < -0.39 is 0 Å². The number of fused-ring (bicyclic) bond motifs is 2. The first kappa shape index (κ1) is 21.5. The molecule has 3 aromatic heterocycles. The number of aryl methyl sites for hydroxylation is 2. The summed E-state index contributed by atoms with van der Waals surface area (Å²) in [5.74, 6) is 3.83. The van der Waals surface area contributed by atoms with Gasteiger partial charge in [0.05, 0.1) is 23.2 Å². The summed E-state index contributed by atoms with van der Waals surface area (Å²) in [7, 11) is 0. The number of aromatic nitrogens is 4. The van der Waals surface area contributed by atoms with Crippen molar-refractivity contribution >= 4 is 22.7 Å². The highest BCUT2D eigenvalue weighted by atomic mass is 32.2. The molecular weight excluding hydrogens is 468 g/mol. The van der Waals surface area contributed by atoms with E-state index in [9.17, 15) is 4.79 Å². The van der Waals surface area contributed by atoms with Gasteiger partial charge in [-0.3, -0.25) is 9.36 Å². The number of benzene rings is 2. The van der Waals surface area contributed by atoms with Crippen LogP contribution in [0.2, 0.25) is 0 Å². The highest BCUT2D eigenvalue weighted by Crippen LogP contribution is 2.35. The molecule has 0 saturated heterocycles. The fourth-order valence-corrected chi connectivity index (χ4v) is 4.66. The van der Waals surface area contributed by atoms with Gasteiger partial charge in [0.1, 0.15) is 11.5 Å². The monoisotopic (exact) mass is 488 g/mol. The molecule has 4 heterocycles. The summed E-state index contributed by atoms with van der Waals surface area (Å²) in [6.45, 7) is 4.25. The van der Waals surface area contributed by atoms with Crippen molar-refractivity contribution in [1.82, 2.24) is 19.7 Å². The SMILES string of the molecule is Cc1ccc(-c2noc(CSc3nc4cc5c(cc4c(=O)n3Cc3ccc(C)o3)OCO5)n2)cc1. The lowest BCUT2D eigenvalue weighted by Gasteiger charge is -2.12. The fraction of sp³-hybridized carbons (Fsp3) is 0.200. The van der Waals surface area contributed by atoms with E-state index >= 15 is 0 Å². The molecule has 5 aromatic rings. The van der Waals surface area contributed by atoms with Crippen LogP contribution in [-0.4, -0.2) is 26.5 Å². The van der Waals surface area contributed by atoms with Crippen molar-refractivity contribution in [2.45, 2.75) is 31.3 Å². The second-order valence-corrected chi connectivity index (χ2v) is 9.13. The third-order valence-electron chi connectivity index (χ3n) is 5.63. The van der Waals surface area contributed by atoms with Gasteiger partial charge in [0, 0.05) is 11.6 Å². The Bertz CT molecular complexity index is 1600. The Hall–Kier alpha value is -4.05. The number of thioether (sulfide) groups is 1. The standard InChI is InChI=1S/C25H20N4O5S/c1-14-3-6-16(7-4-14)23-27-22(34-28-23)12-35-25-26-19-10-21-20(31-13-32-21)9-18(19)24(30)29(25)11-17-8-5-15(2)33-17/h3-10H,11-13H2,1-2H3. The molecule has 0 spiro atoms. The average molecular weight is 489 g/mol. The van der Waals surface area contributed by atoms with Gasteiger partial charge in [0.25, 0.3) is 5.56 Å². The van der Waals surface area contributed by atoms with Gasteiger partial charge in [0.15, 0.2) is 16.7 Å². The van der Waals surface area contributed by atoms with E-state index in [1.165, 1.54) is 11.8 Å². The average Bonchev–Trinajstić information content (AvgIpc) is 3.60. The van der Waals surface area contributed by atoms with Crippen LogP contribution in [-0.2, 0) is 12.3 Å². The predicted molar refractivity (Wildman–Crippen MR) is 129 cm³/mol. The van der Waals surface area contributed by atoms with Gasteiger partial charge in [-0.05, 0) is 32.0 Å². The van der Waals surface area contributed by atoms with E-state index in [1.807, 2.05) is 50.2 Å². The van der Waals surface area contributed by atoms with E-state index in [0.29, 0.717) is 50.8 Å². The lowest BCUT2D eigenvalue weighted by Crippen LogP contribution is -2.23. The molecular formula is C25H20N4O5S. The van der Waals surface area contributed by atoms with Crippen molar-refractivity contribution in [1.29, 1.82) is 0 Å². The normalized spacial score (nSPS) is 12.5. The molecule has 0 amide bonds. The smallest absolute Gasteiger partial charge is 0.262 e. The van der Waals surface area contributed by atoms with Crippen molar-refractivity contribution < 1.29 is 18.4 Å². The maximum absolute atomic E-state index is 13.5. The molecule has 0 bridgehead atoms. The van der Waals surface area contributed by atoms with Crippen molar-refractivity contribution in [3.8, 4) is 22.9 Å². The maximum atomic E-state index is 13.5. The number of rotatable bonds is 6. The van der Waals surface area contributed by atoms with Crippen molar-refractivity contribution in [3.05, 3.63) is 81.9 Å². The largest absolute Gasteiger partial charge is 0.464 e. The molecule has 1 aliphatic rings. The zero-order valence-corrected chi connectivity index (χ0v) is 19.8. The van der Waals surface area contributed by atoms with Crippen LogP contribution < -0.4 is 15.0 Å². The van der Waals surface area contributed by atoms with Gasteiger partial charge in [-0.1, -0.05) is 46.7 Å². The summed E-state index contributed by atoms with van der Waals surface area (Å²) in [6.07, 6.45) is 0. The van der Waals surface area contributed by atoms with Crippen LogP contribution in [0.3, 0.4) is 0 Å². The second-order valence-electron chi connectivity index (χ2n) is 8.19. The zero-order chi connectivity index (χ0) is 23.9. The highest BCUT2D eigenvalue weighted by Gasteiger charge is 2.20. The Morgan fingerprint density at radius 1 is 1.00 bits per heavy atom. The van der Waals surface area contributed by atoms with Crippen LogP contribution in [0.5, 0.6) is 11.5 Å². The van der Waals surface area contributed by atoms with Gasteiger partial charge in [-0.2, -0.15) is 4.98 Å². The first-order valence-electron chi connectivity index (χ1n) is 11.0. The van der Waals surface area contributed by atoms with E-state index in [4.69, 9.17) is 23.4 Å². The van der Waals surface area contributed by atoms with Crippen LogP contribution in [0.15, 0.2) is 67.4 Å². The summed E-state index contributed by atoms with van der Waals surface area (Å²) in [6, 6.07) is 15.0. The van der Waals surface area contributed by atoms with Crippen LogP contribution in [0, 0.1) is 13.8 Å². The Labute approximate surface area is 203 Å². The van der Waals surface area contributed by atoms with Crippen LogP contribution >= 0.6 is 11.8 Å². The quantitative estimate of drug-likeness (QED) is 0.248. The molecule has 0 unspecified atom stereocenters. The molecule has 0 fully saturated rings. The van der Waals surface area contributed by atoms with Gasteiger partial charge in [0.2, 0.25) is 18.5 Å². The summed E-state index contributed by atoms with van der Waals surface area (Å²) >= 11 is 1.34. The zero-order valence-electron chi connectivity index (χ0n) is 19.0. The minimum absolute atomic E-state index is 0.119. The van der Waals surface area contributed by atoms with E-state index in [1.54, 1.807) is 16.7 Å². The Kier molecular flexibility index (Phi) is 5.29. The molecule has 35 heavy (non-hydrogen) atoms. The molecule has 0 N–H and O–H groups in total. The molecule has 1 aliphatic heterocycles. The summed E-state index contributed by atoms with van der Waals surface area (Å²) in [4.78, 5) is 22.8. The molecule has 10 heteroatoms. The van der Waals surface area contributed by atoms with Crippen LogP contribution in [0.25, 0.3) is 22.3 Å². The Morgan fingerprint density at radius 3 is 2.57 bits per heavy atom. The first-order valence-corrected chi connectivity index (χ1v) is 11.9. The van der Waals surface area contributed by atoms with Gasteiger partial charge >= 0.3 is 0 Å². The van der Waals surface area contributed by atoms with Crippen LogP contribution in [0.4, 0.5) is 0 Å². The second kappa shape index (κ2) is 8.62. The highest BCUT2D eigenvalue weighted by molar-refractivity contribution is 7.98. The lowest BCUT2D eigenvalue weighted by molar-refractivity contribution is 0.174. The van der Waals surface area contributed by atoms with Gasteiger partial charge < -0.3 is 18.4 Å². The van der Waals surface area contributed by atoms with Crippen LogP contribution in [0.1, 0.15) is 23.0 Å². The summed E-state index contributed by atoms with van der Waals surface area (Å²) in [5.41, 5.74) is 2.36. The first-order chi connectivity index (χ1) is 17.0. The number of hydrogen-bond acceptors (Lipinski definition) is 9. The molecule has 6 rings (SSSR count). The Balaban J connectivity index is 1.35. The topological polar surface area (TPSA) is 105 Å². The van der Waals surface area contributed by atoms with E-state index in [0.717, 1.165) is 16.9 Å². The summed E-state index contributed by atoms with van der Waals surface area (Å²) in [5, 5.41) is 5.05. The molecule has 0 atom stereocenters. The third kappa shape index (κ3) is 4.17. The minimum Gasteiger partial charge on any atom is -0.464 e. The molecule has 9 nitrogen and oxygen atoms in total. The van der Waals surface area contributed by atoms with Crippen molar-refractivity contribution in [3.63, 3.8) is 0 Å². The third-order valence-corrected chi connectivity index (χ3v) is 6.59. The molecule has 0 aliphatic carbocycles. The number of hydrogen-bond donors (Lipinski definition) is 0. The molecule has 0 saturated carbocycles. The van der Waals surface area contributed by atoms with E-state index in [2.05, 4.69) is 10.1 Å². The minimum atomic E-state index is -0.198. The fourth-order valence-electron chi connectivity index (χ4n) is 3.83. The molecule has 0 radical (unpaired) electrons. The molecule has 176 valence electrons. The van der Waals surface area contributed by atoms with Crippen molar-refractivity contribution in [2.75, 3.05) is 6.79 Å². The van der Waals surface area contributed by atoms with Crippen molar-refractivity contribution in [2.24, 2.45) is 0 Å². The maximum Gasteiger partial charge on any atom is 0.262 e. The Morgan fingerprint density at radius 2 is 1.80 bits per heavy atom. The summed E-state index contributed by atoms with van der Waals surface area (Å²) < 4.78 is 23.7. The predicted octanol–water partition coefficient (Wildman–Crippen LogP) is 4.73. The number of ether oxygens (including phenoxy) is 2. The van der Waals surface area contributed by atoms with E-state index in [-0.39, 0.29) is 18.9 Å².